The van der Waals surface area contributed by atoms with Crippen LogP contribution in [0.15, 0.2) is 22.9 Å². The summed E-state index contributed by atoms with van der Waals surface area (Å²) in [5, 5.41) is 0. The summed E-state index contributed by atoms with van der Waals surface area (Å²) in [4.78, 5) is 17.2. The topological polar surface area (TPSA) is 51.7 Å². The average molecular weight is 287 g/mol. The summed E-state index contributed by atoms with van der Waals surface area (Å²) in [6.45, 7) is 0.905. The van der Waals surface area contributed by atoms with Crippen molar-refractivity contribution in [2.75, 3.05) is 25.2 Å². The van der Waals surface area contributed by atoms with E-state index in [4.69, 9.17) is 9.47 Å². The molecule has 1 amide bonds. The van der Waals surface area contributed by atoms with E-state index in [1.807, 2.05) is 6.07 Å². The number of cyclic esters (lactones) is 1. The Morgan fingerprint density at radius 3 is 3.12 bits per heavy atom. The first-order chi connectivity index (χ1) is 7.70. The number of hydrogen-bond acceptors (Lipinski definition) is 4. The molecule has 5 nitrogen and oxygen atoms in total. The minimum absolute atomic E-state index is 0.207. The van der Waals surface area contributed by atoms with Gasteiger partial charge < -0.3 is 9.47 Å². The van der Waals surface area contributed by atoms with E-state index in [9.17, 15) is 4.79 Å². The van der Waals surface area contributed by atoms with Gasteiger partial charge in [0.05, 0.1) is 25.0 Å². The van der Waals surface area contributed by atoms with Crippen molar-refractivity contribution in [2.45, 2.75) is 6.10 Å². The molecule has 1 aromatic heterocycles. The number of aromatic nitrogens is 1. The molecule has 1 aliphatic heterocycles. The van der Waals surface area contributed by atoms with E-state index in [1.165, 1.54) is 0 Å². The Kier molecular flexibility index (Phi) is 3.40. The van der Waals surface area contributed by atoms with Crippen LogP contribution in [0.2, 0.25) is 0 Å². The normalized spacial score (nSPS) is 20.0. The highest BCUT2D eigenvalue weighted by molar-refractivity contribution is 9.10. The van der Waals surface area contributed by atoms with Crippen LogP contribution in [-0.4, -0.2) is 37.4 Å². The van der Waals surface area contributed by atoms with Crippen LogP contribution in [0, 0.1) is 0 Å². The highest BCUT2D eigenvalue weighted by Crippen LogP contribution is 2.21. The first-order valence-corrected chi connectivity index (χ1v) is 5.58. The largest absolute Gasteiger partial charge is 0.441 e. The number of anilines is 1. The third kappa shape index (κ3) is 2.33. The molecule has 0 saturated carbocycles. The van der Waals surface area contributed by atoms with Crippen LogP contribution >= 0.6 is 15.9 Å². The predicted molar refractivity (Wildman–Crippen MR) is 61.4 cm³/mol. The Morgan fingerprint density at radius 2 is 2.50 bits per heavy atom. The third-order valence-corrected chi connectivity index (χ3v) is 2.72. The van der Waals surface area contributed by atoms with Crippen molar-refractivity contribution < 1.29 is 14.3 Å². The number of pyridine rings is 1. The van der Waals surface area contributed by atoms with Crippen LogP contribution in [0.4, 0.5) is 10.5 Å². The minimum Gasteiger partial charge on any atom is -0.441 e. The third-order valence-electron chi connectivity index (χ3n) is 2.25. The lowest BCUT2D eigenvalue weighted by molar-refractivity contribution is 0.0718. The maximum absolute atomic E-state index is 11.6. The Bertz CT molecular complexity index is 382. The number of ether oxygens (including phenoxy) is 2. The SMILES string of the molecule is COC[C@@H]1CN(c2ccc(Br)nc2)C(=O)O1. The second-order valence-corrected chi connectivity index (χ2v) is 4.22. The molecule has 0 aromatic carbocycles. The zero-order valence-electron chi connectivity index (χ0n) is 8.72. The molecule has 1 atom stereocenters. The second kappa shape index (κ2) is 4.80. The molecule has 0 radical (unpaired) electrons. The molecular formula is C10H11BrN2O3. The lowest BCUT2D eigenvalue weighted by Gasteiger charge is -2.11. The van der Waals surface area contributed by atoms with E-state index < -0.39 is 0 Å². The Hall–Kier alpha value is -1.14. The Labute approximate surface area is 101 Å². The van der Waals surface area contributed by atoms with Gasteiger partial charge in [-0.15, -0.1) is 0 Å². The fourth-order valence-corrected chi connectivity index (χ4v) is 1.77. The molecule has 2 heterocycles. The summed E-state index contributed by atoms with van der Waals surface area (Å²) in [6.07, 6.45) is 1.06. The lowest BCUT2D eigenvalue weighted by atomic mass is 10.3. The van der Waals surface area contributed by atoms with Crippen LogP contribution in [0.3, 0.4) is 0 Å². The van der Waals surface area contributed by atoms with E-state index in [1.54, 1.807) is 24.3 Å². The smallest absolute Gasteiger partial charge is 0.414 e. The van der Waals surface area contributed by atoms with Crippen molar-refractivity contribution in [1.29, 1.82) is 0 Å². The van der Waals surface area contributed by atoms with Crippen molar-refractivity contribution in [2.24, 2.45) is 0 Å². The molecule has 6 heteroatoms. The van der Waals surface area contributed by atoms with Gasteiger partial charge in [0.25, 0.3) is 0 Å². The number of methoxy groups -OCH3 is 1. The summed E-state index contributed by atoms with van der Waals surface area (Å²) in [7, 11) is 1.58. The van der Waals surface area contributed by atoms with Gasteiger partial charge in [-0.25, -0.2) is 9.78 Å². The van der Waals surface area contributed by atoms with E-state index in [-0.39, 0.29) is 12.2 Å². The van der Waals surface area contributed by atoms with Crippen molar-refractivity contribution in [3.63, 3.8) is 0 Å². The molecule has 0 spiro atoms. The quantitative estimate of drug-likeness (QED) is 0.796. The summed E-state index contributed by atoms with van der Waals surface area (Å²) >= 11 is 3.24. The van der Waals surface area contributed by atoms with Crippen LogP contribution in [0.5, 0.6) is 0 Å². The van der Waals surface area contributed by atoms with Crippen molar-refractivity contribution in [1.82, 2.24) is 4.98 Å². The highest BCUT2D eigenvalue weighted by Gasteiger charge is 2.32. The molecule has 1 fully saturated rings. The highest BCUT2D eigenvalue weighted by atomic mass is 79.9. The lowest BCUT2D eigenvalue weighted by Crippen LogP contribution is -2.25. The Balaban J connectivity index is 2.10. The summed E-state index contributed by atoms with van der Waals surface area (Å²) in [5.74, 6) is 0. The molecule has 86 valence electrons. The fraction of sp³-hybridized carbons (Fsp3) is 0.400. The van der Waals surface area contributed by atoms with E-state index in [0.29, 0.717) is 13.2 Å². The van der Waals surface area contributed by atoms with E-state index in [2.05, 4.69) is 20.9 Å². The number of carbonyl (C=O) groups is 1. The van der Waals surface area contributed by atoms with E-state index >= 15 is 0 Å². The monoisotopic (exact) mass is 286 g/mol. The van der Waals surface area contributed by atoms with E-state index in [0.717, 1.165) is 10.3 Å². The zero-order chi connectivity index (χ0) is 11.5. The molecule has 2 rings (SSSR count). The minimum atomic E-state index is -0.355. The number of rotatable bonds is 3. The molecular weight excluding hydrogens is 276 g/mol. The molecule has 0 aliphatic carbocycles. The zero-order valence-corrected chi connectivity index (χ0v) is 10.3. The number of halogens is 1. The molecule has 1 aliphatic rings. The summed E-state index contributed by atoms with van der Waals surface area (Å²) in [5.41, 5.74) is 0.729. The number of amides is 1. The van der Waals surface area contributed by atoms with Crippen molar-refractivity contribution >= 4 is 27.7 Å². The van der Waals surface area contributed by atoms with Gasteiger partial charge in [0.2, 0.25) is 0 Å². The number of hydrogen-bond donors (Lipinski definition) is 0. The van der Waals surface area contributed by atoms with Gasteiger partial charge in [-0.05, 0) is 28.1 Å². The van der Waals surface area contributed by atoms with Gasteiger partial charge in [-0.2, -0.15) is 0 Å². The maximum atomic E-state index is 11.6. The molecule has 0 bridgehead atoms. The van der Waals surface area contributed by atoms with Crippen molar-refractivity contribution in [3.05, 3.63) is 22.9 Å². The predicted octanol–water partition coefficient (Wildman–Crippen LogP) is 1.82. The molecule has 0 unspecified atom stereocenters. The van der Waals surface area contributed by atoms with Crippen LogP contribution < -0.4 is 4.90 Å². The van der Waals surface area contributed by atoms with Gasteiger partial charge in [0.1, 0.15) is 10.7 Å². The first kappa shape index (κ1) is 11.3. The van der Waals surface area contributed by atoms with Crippen LogP contribution in [-0.2, 0) is 9.47 Å². The summed E-state index contributed by atoms with van der Waals surface area (Å²) < 4.78 is 10.8. The van der Waals surface area contributed by atoms with Gasteiger partial charge in [0.15, 0.2) is 0 Å². The average Bonchev–Trinajstić information content (AvgIpc) is 2.61. The maximum Gasteiger partial charge on any atom is 0.414 e. The molecule has 0 N–H and O–H groups in total. The Morgan fingerprint density at radius 1 is 1.69 bits per heavy atom. The molecule has 1 aromatic rings. The van der Waals surface area contributed by atoms with Crippen molar-refractivity contribution in [3.8, 4) is 0 Å². The molecule has 16 heavy (non-hydrogen) atoms. The summed E-state index contributed by atoms with van der Waals surface area (Å²) in [6, 6.07) is 3.60. The van der Waals surface area contributed by atoms with Gasteiger partial charge in [-0.1, -0.05) is 0 Å². The molecule has 1 saturated heterocycles. The van der Waals surface area contributed by atoms with Crippen LogP contribution in [0.25, 0.3) is 0 Å². The second-order valence-electron chi connectivity index (χ2n) is 3.41. The van der Waals surface area contributed by atoms with Crippen LogP contribution in [0.1, 0.15) is 0 Å². The number of carbonyl (C=O) groups excluding carboxylic acids is 1. The van der Waals surface area contributed by atoms with Gasteiger partial charge in [-0.3, -0.25) is 4.90 Å². The first-order valence-electron chi connectivity index (χ1n) is 4.79. The van der Waals surface area contributed by atoms with Gasteiger partial charge in [0, 0.05) is 7.11 Å². The number of nitrogens with zero attached hydrogens (tertiary/aromatic N) is 2. The standard InChI is InChI=1S/C10H11BrN2O3/c1-15-6-8-5-13(10(14)16-8)7-2-3-9(11)12-4-7/h2-4,8H,5-6H2,1H3/t8-/m0/s1. The fourth-order valence-electron chi connectivity index (χ4n) is 1.53. The van der Waals surface area contributed by atoms with Gasteiger partial charge >= 0.3 is 6.09 Å².